The third-order valence-corrected chi connectivity index (χ3v) is 4.40. The number of amides is 2. The van der Waals surface area contributed by atoms with Gasteiger partial charge < -0.3 is 20.2 Å². The third kappa shape index (κ3) is 5.60. The van der Waals surface area contributed by atoms with Crippen LogP contribution in [0.4, 0.5) is 0 Å². The molecule has 0 spiro atoms. The van der Waals surface area contributed by atoms with Crippen LogP contribution < -0.4 is 5.32 Å². The molecule has 2 heterocycles. The Morgan fingerprint density at radius 2 is 1.91 bits per heavy atom. The van der Waals surface area contributed by atoms with Crippen molar-refractivity contribution in [3.63, 3.8) is 0 Å². The molecule has 0 radical (unpaired) electrons. The fourth-order valence-corrected chi connectivity index (χ4v) is 3.11. The van der Waals surface area contributed by atoms with Gasteiger partial charge >= 0.3 is 0 Å². The highest BCUT2D eigenvalue weighted by Crippen LogP contribution is 2.10. The minimum absolute atomic E-state index is 0. The van der Waals surface area contributed by atoms with E-state index in [1.54, 1.807) is 0 Å². The number of hydrogen-bond acceptors (Lipinski definition) is 5. The fraction of sp³-hybridized carbons (Fsp3) is 0.867. The lowest BCUT2D eigenvalue weighted by Gasteiger charge is -2.36. The van der Waals surface area contributed by atoms with E-state index in [-0.39, 0.29) is 43.3 Å². The Kier molecular flexibility index (Phi) is 8.83. The van der Waals surface area contributed by atoms with Crippen molar-refractivity contribution in [1.82, 2.24) is 20.0 Å². The smallest absolute Gasteiger partial charge is 0.240 e. The largest absolute Gasteiger partial charge is 0.395 e. The van der Waals surface area contributed by atoms with E-state index in [9.17, 15) is 9.59 Å². The number of piperazine rings is 2. The molecule has 2 amide bonds. The fourth-order valence-electron chi connectivity index (χ4n) is 3.11. The Morgan fingerprint density at radius 1 is 1.22 bits per heavy atom. The molecule has 2 fully saturated rings. The molecule has 2 rings (SSSR count). The lowest BCUT2D eigenvalue weighted by atomic mass is 10.1. The summed E-state index contributed by atoms with van der Waals surface area (Å²) in [6, 6.07) is -0.372. The highest BCUT2D eigenvalue weighted by Gasteiger charge is 2.31. The number of β-amino-alcohol motifs (C(OH)–C–C–N with tert-alkyl or cyclic N) is 1. The molecule has 2 saturated heterocycles. The summed E-state index contributed by atoms with van der Waals surface area (Å²) in [6.45, 7) is 8.08. The molecule has 0 bridgehead atoms. The van der Waals surface area contributed by atoms with Gasteiger partial charge in [0, 0.05) is 52.4 Å². The van der Waals surface area contributed by atoms with Crippen molar-refractivity contribution in [3.05, 3.63) is 0 Å². The molecular formula is C15H29ClN4O3. The van der Waals surface area contributed by atoms with E-state index >= 15 is 0 Å². The van der Waals surface area contributed by atoms with E-state index in [4.69, 9.17) is 5.11 Å². The molecule has 1 unspecified atom stereocenters. The van der Waals surface area contributed by atoms with E-state index in [2.05, 4.69) is 17.1 Å². The predicted molar refractivity (Wildman–Crippen MR) is 90.6 cm³/mol. The Balaban J connectivity index is 0.00000264. The normalized spacial score (nSPS) is 22.9. The molecule has 23 heavy (non-hydrogen) atoms. The number of hydrogen-bond donors (Lipinski definition) is 2. The molecule has 0 aliphatic carbocycles. The van der Waals surface area contributed by atoms with Crippen LogP contribution in [0.25, 0.3) is 0 Å². The zero-order valence-corrected chi connectivity index (χ0v) is 14.7. The molecule has 2 aliphatic heterocycles. The first-order chi connectivity index (χ1) is 10.7. The highest BCUT2D eigenvalue weighted by atomic mass is 35.5. The van der Waals surface area contributed by atoms with Crippen LogP contribution in [0, 0.1) is 0 Å². The molecule has 2 N–H and O–H groups in total. The zero-order chi connectivity index (χ0) is 15.9. The first-order valence-corrected chi connectivity index (χ1v) is 8.29. The van der Waals surface area contributed by atoms with E-state index < -0.39 is 0 Å². The van der Waals surface area contributed by atoms with Crippen LogP contribution in [0.15, 0.2) is 0 Å². The van der Waals surface area contributed by atoms with Gasteiger partial charge in [-0.25, -0.2) is 0 Å². The summed E-state index contributed by atoms with van der Waals surface area (Å²) in [5.41, 5.74) is 0. The van der Waals surface area contributed by atoms with Crippen LogP contribution >= 0.6 is 12.4 Å². The molecule has 0 aromatic carbocycles. The molecule has 2 aliphatic rings. The topological polar surface area (TPSA) is 76.1 Å². The van der Waals surface area contributed by atoms with Gasteiger partial charge in [0.25, 0.3) is 0 Å². The predicted octanol–water partition coefficient (Wildman–Crippen LogP) is -0.855. The summed E-state index contributed by atoms with van der Waals surface area (Å²) >= 11 is 0. The van der Waals surface area contributed by atoms with Gasteiger partial charge in [0.2, 0.25) is 11.8 Å². The van der Waals surface area contributed by atoms with Crippen LogP contribution in [-0.4, -0.2) is 96.6 Å². The molecule has 1 atom stereocenters. The Labute approximate surface area is 144 Å². The van der Waals surface area contributed by atoms with Crippen LogP contribution in [-0.2, 0) is 9.59 Å². The van der Waals surface area contributed by atoms with E-state index in [0.29, 0.717) is 19.6 Å². The Hall–Kier alpha value is -0.890. The number of nitrogens with zero attached hydrogens (tertiary/aromatic N) is 3. The summed E-state index contributed by atoms with van der Waals surface area (Å²) in [5, 5.41) is 12.1. The van der Waals surface area contributed by atoms with Crippen LogP contribution in [0.1, 0.15) is 19.8 Å². The van der Waals surface area contributed by atoms with Crippen LogP contribution in [0.5, 0.6) is 0 Å². The number of nitrogens with one attached hydrogen (secondary N) is 1. The van der Waals surface area contributed by atoms with Gasteiger partial charge in [0.05, 0.1) is 19.1 Å². The summed E-state index contributed by atoms with van der Waals surface area (Å²) in [6.07, 6.45) is 1.19. The zero-order valence-electron chi connectivity index (χ0n) is 13.9. The lowest BCUT2D eigenvalue weighted by Crippen LogP contribution is -2.57. The monoisotopic (exact) mass is 348 g/mol. The Morgan fingerprint density at radius 3 is 2.52 bits per heavy atom. The minimum Gasteiger partial charge on any atom is -0.395 e. The van der Waals surface area contributed by atoms with E-state index in [0.717, 1.165) is 39.1 Å². The minimum atomic E-state index is -0.372. The van der Waals surface area contributed by atoms with Crippen molar-refractivity contribution in [2.75, 3.05) is 59.0 Å². The standard InChI is InChI=1S/C15H28N4O3.ClH/c1-2-4-19-5-3-16-13(15(19)22)12-14(21)18-8-6-17(7-9-18)10-11-20;/h13,16,20H,2-12H2,1H3;1H. The second-order valence-electron chi connectivity index (χ2n) is 5.98. The number of carbonyl (C=O) groups excluding carboxylic acids is 2. The van der Waals surface area contributed by atoms with Gasteiger partial charge in [-0.3, -0.25) is 14.5 Å². The summed E-state index contributed by atoms with van der Waals surface area (Å²) in [5.74, 6) is 0.105. The first-order valence-electron chi connectivity index (χ1n) is 8.29. The third-order valence-electron chi connectivity index (χ3n) is 4.40. The molecule has 0 saturated carbocycles. The molecule has 8 heteroatoms. The van der Waals surface area contributed by atoms with Gasteiger partial charge in [-0.15, -0.1) is 12.4 Å². The van der Waals surface area contributed by atoms with Crippen molar-refractivity contribution >= 4 is 24.2 Å². The molecule has 0 aromatic rings. The van der Waals surface area contributed by atoms with Gasteiger partial charge in [-0.2, -0.15) is 0 Å². The number of aliphatic hydroxyl groups excluding tert-OH is 1. The number of aliphatic hydroxyl groups is 1. The number of halogens is 1. The highest BCUT2D eigenvalue weighted by molar-refractivity contribution is 5.89. The quantitative estimate of drug-likeness (QED) is 0.653. The van der Waals surface area contributed by atoms with Crippen molar-refractivity contribution in [2.45, 2.75) is 25.8 Å². The van der Waals surface area contributed by atoms with Gasteiger partial charge in [-0.05, 0) is 6.42 Å². The summed E-state index contributed by atoms with van der Waals surface area (Å²) in [7, 11) is 0. The number of rotatable bonds is 6. The van der Waals surface area contributed by atoms with Crippen molar-refractivity contribution in [2.24, 2.45) is 0 Å². The second-order valence-corrected chi connectivity index (χ2v) is 5.98. The van der Waals surface area contributed by atoms with Crippen LogP contribution in [0.3, 0.4) is 0 Å². The Bertz CT molecular complexity index is 387. The van der Waals surface area contributed by atoms with Gasteiger partial charge in [0.15, 0.2) is 0 Å². The lowest BCUT2D eigenvalue weighted by molar-refractivity contribution is -0.141. The van der Waals surface area contributed by atoms with Crippen molar-refractivity contribution < 1.29 is 14.7 Å². The molecule has 0 aromatic heterocycles. The van der Waals surface area contributed by atoms with Gasteiger partial charge in [0.1, 0.15) is 0 Å². The molecule has 134 valence electrons. The maximum Gasteiger partial charge on any atom is 0.240 e. The average Bonchev–Trinajstić information content (AvgIpc) is 2.52. The van der Waals surface area contributed by atoms with Crippen molar-refractivity contribution in [3.8, 4) is 0 Å². The maximum absolute atomic E-state index is 12.4. The molecular weight excluding hydrogens is 320 g/mol. The van der Waals surface area contributed by atoms with E-state index in [1.165, 1.54) is 0 Å². The average molecular weight is 349 g/mol. The molecule has 7 nitrogen and oxygen atoms in total. The van der Waals surface area contributed by atoms with E-state index in [1.807, 2.05) is 9.80 Å². The van der Waals surface area contributed by atoms with Gasteiger partial charge in [-0.1, -0.05) is 6.92 Å². The van der Waals surface area contributed by atoms with Crippen LogP contribution in [0.2, 0.25) is 0 Å². The SMILES string of the molecule is CCCN1CCNC(CC(=O)N2CCN(CCO)CC2)C1=O.Cl. The number of carbonyl (C=O) groups is 2. The first kappa shape index (κ1) is 20.2. The van der Waals surface area contributed by atoms with Crippen molar-refractivity contribution in [1.29, 1.82) is 0 Å². The maximum atomic E-state index is 12.4. The summed E-state index contributed by atoms with van der Waals surface area (Å²) in [4.78, 5) is 30.6. The second kappa shape index (κ2) is 10.1. The summed E-state index contributed by atoms with van der Waals surface area (Å²) < 4.78 is 0.